The first-order valence-electron chi connectivity index (χ1n) is 3.50. The molecule has 1 aromatic rings. The fourth-order valence-corrected chi connectivity index (χ4v) is 1.17. The van der Waals surface area contributed by atoms with Crippen molar-refractivity contribution in [1.29, 1.82) is 0 Å². The lowest BCUT2D eigenvalue weighted by Crippen LogP contribution is -2.05. The van der Waals surface area contributed by atoms with E-state index in [1.807, 2.05) is 0 Å². The molecule has 3 nitrogen and oxygen atoms in total. The summed E-state index contributed by atoms with van der Waals surface area (Å²) in [7, 11) is 1.28. The molecule has 0 amide bonds. The van der Waals surface area contributed by atoms with Crippen molar-refractivity contribution in [3.63, 3.8) is 0 Å². The number of halogens is 2. The van der Waals surface area contributed by atoms with Gasteiger partial charge in [0.05, 0.1) is 19.7 Å². The van der Waals surface area contributed by atoms with Crippen LogP contribution in [-0.2, 0) is 16.0 Å². The van der Waals surface area contributed by atoms with Gasteiger partial charge in [-0.25, -0.2) is 9.37 Å². The lowest BCUT2D eigenvalue weighted by Gasteiger charge is -2.01. The largest absolute Gasteiger partial charge is 0.469 e. The summed E-state index contributed by atoms with van der Waals surface area (Å²) in [5.74, 6) is -0.893. The number of rotatable bonds is 2. The molecule has 0 aromatic carbocycles. The second kappa shape index (κ2) is 4.32. The number of hydrogen-bond donors (Lipinski definition) is 0. The average Bonchev–Trinajstić information content (AvgIpc) is 2.11. The number of hydrogen-bond acceptors (Lipinski definition) is 3. The van der Waals surface area contributed by atoms with Crippen molar-refractivity contribution < 1.29 is 13.9 Å². The van der Waals surface area contributed by atoms with Crippen LogP contribution in [0.25, 0.3) is 0 Å². The van der Waals surface area contributed by atoms with Crippen LogP contribution in [0, 0.1) is 5.82 Å². The molecular weight excluding hydrogens is 241 g/mol. The maximum Gasteiger partial charge on any atom is 0.310 e. The first-order valence-corrected chi connectivity index (χ1v) is 4.29. The lowest BCUT2D eigenvalue weighted by molar-refractivity contribution is -0.139. The molecule has 0 aliphatic rings. The molecule has 0 unspecified atom stereocenters. The third-order valence-corrected chi connectivity index (χ3v) is 2.15. The van der Waals surface area contributed by atoms with Crippen LogP contribution in [0.3, 0.4) is 0 Å². The molecular formula is C8H7BrFNO2. The predicted octanol–water partition coefficient (Wildman–Crippen LogP) is 1.70. The highest BCUT2D eigenvalue weighted by Gasteiger charge is 2.08. The summed E-state index contributed by atoms with van der Waals surface area (Å²) in [6, 6.07) is 1.24. The number of esters is 1. The van der Waals surface area contributed by atoms with Crippen LogP contribution in [0.1, 0.15) is 5.56 Å². The highest BCUT2D eigenvalue weighted by Crippen LogP contribution is 2.15. The van der Waals surface area contributed by atoms with Gasteiger partial charge >= 0.3 is 5.97 Å². The van der Waals surface area contributed by atoms with Crippen molar-refractivity contribution in [2.75, 3.05) is 7.11 Å². The molecule has 0 fully saturated rings. The van der Waals surface area contributed by atoms with E-state index in [9.17, 15) is 9.18 Å². The molecule has 0 saturated heterocycles. The molecule has 0 N–H and O–H groups in total. The summed E-state index contributed by atoms with van der Waals surface area (Å²) >= 11 is 3.10. The highest BCUT2D eigenvalue weighted by atomic mass is 79.9. The van der Waals surface area contributed by atoms with Gasteiger partial charge in [0.2, 0.25) is 0 Å². The van der Waals surface area contributed by atoms with E-state index in [1.165, 1.54) is 13.2 Å². The van der Waals surface area contributed by atoms with Crippen LogP contribution in [0.15, 0.2) is 16.9 Å². The molecule has 0 bridgehead atoms. The van der Waals surface area contributed by atoms with Crippen LogP contribution in [0.4, 0.5) is 4.39 Å². The van der Waals surface area contributed by atoms with E-state index in [1.54, 1.807) is 0 Å². The van der Waals surface area contributed by atoms with Gasteiger partial charge < -0.3 is 4.74 Å². The molecule has 13 heavy (non-hydrogen) atoms. The van der Waals surface area contributed by atoms with Gasteiger partial charge in [0.25, 0.3) is 0 Å². The predicted molar refractivity (Wildman–Crippen MR) is 47.6 cm³/mol. The van der Waals surface area contributed by atoms with Gasteiger partial charge in [-0.2, -0.15) is 0 Å². The Balaban J connectivity index is 2.87. The van der Waals surface area contributed by atoms with Gasteiger partial charge in [0.15, 0.2) is 0 Å². The Morgan fingerprint density at radius 3 is 3.08 bits per heavy atom. The number of carbonyl (C=O) groups excluding carboxylic acids is 1. The quantitative estimate of drug-likeness (QED) is 0.590. The zero-order valence-corrected chi connectivity index (χ0v) is 8.47. The highest BCUT2D eigenvalue weighted by molar-refractivity contribution is 9.10. The van der Waals surface area contributed by atoms with Crippen molar-refractivity contribution >= 4 is 21.9 Å². The normalized spacial score (nSPS) is 9.77. The van der Waals surface area contributed by atoms with Gasteiger partial charge in [0, 0.05) is 0 Å². The summed E-state index contributed by atoms with van der Waals surface area (Å²) < 4.78 is 17.6. The van der Waals surface area contributed by atoms with Gasteiger partial charge in [-0.15, -0.1) is 0 Å². The first-order chi connectivity index (χ1) is 6.13. The van der Waals surface area contributed by atoms with E-state index in [0.717, 1.165) is 6.20 Å². The van der Waals surface area contributed by atoms with E-state index >= 15 is 0 Å². The SMILES string of the molecule is COC(=O)Cc1cc(F)cnc1Br. The number of pyridine rings is 1. The fourth-order valence-electron chi connectivity index (χ4n) is 0.816. The Kier molecular flexibility index (Phi) is 3.36. The van der Waals surface area contributed by atoms with Crippen LogP contribution in [0.5, 0.6) is 0 Å². The molecule has 0 atom stereocenters. The van der Waals surface area contributed by atoms with E-state index in [2.05, 4.69) is 25.7 Å². The van der Waals surface area contributed by atoms with Crippen molar-refractivity contribution in [2.45, 2.75) is 6.42 Å². The number of nitrogens with zero attached hydrogens (tertiary/aromatic N) is 1. The second-order valence-electron chi connectivity index (χ2n) is 2.36. The summed E-state index contributed by atoms with van der Waals surface area (Å²) in [6.07, 6.45) is 1.09. The zero-order valence-electron chi connectivity index (χ0n) is 6.88. The third kappa shape index (κ3) is 2.77. The molecule has 0 aliphatic heterocycles. The van der Waals surface area contributed by atoms with Crippen LogP contribution in [0.2, 0.25) is 0 Å². The van der Waals surface area contributed by atoms with E-state index in [4.69, 9.17) is 0 Å². The summed E-state index contributed by atoms with van der Waals surface area (Å²) in [5, 5.41) is 0. The molecule has 1 heterocycles. The molecule has 1 rings (SSSR count). The standard InChI is InChI=1S/C8H7BrFNO2/c1-13-7(12)3-5-2-6(10)4-11-8(5)9/h2,4H,3H2,1H3. The summed E-state index contributed by atoms with van der Waals surface area (Å²) in [5.41, 5.74) is 0.479. The zero-order chi connectivity index (χ0) is 9.84. The number of carbonyl (C=O) groups is 1. The smallest absolute Gasteiger partial charge is 0.310 e. The van der Waals surface area contributed by atoms with Gasteiger partial charge in [-0.1, -0.05) is 0 Å². The fraction of sp³-hybridized carbons (Fsp3) is 0.250. The lowest BCUT2D eigenvalue weighted by atomic mass is 10.2. The van der Waals surface area contributed by atoms with Crippen molar-refractivity contribution in [2.24, 2.45) is 0 Å². The van der Waals surface area contributed by atoms with Crippen LogP contribution in [-0.4, -0.2) is 18.1 Å². The minimum Gasteiger partial charge on any atom is -0.469 e. The molecule has 1 aromatic heterocycles. The first kappa shape index (κ1) is 10.1. The maximum absolute atomic E-state index is 12.7. The molecule has 0 aliphatic carbocycles. The average molecular weight is 248 g/mol. The molecule has 70 valence electrons. The number of aromatic nitrogens is 1. The number of methoxy groups -OCH3 is 1. The third-order valence-electron chi connectivity index (χ3n) is 1.44. The van der Waals surface area contributed by atoms with Gasteiger partial charge in [-0.3, -0.25) is 4.79 Å². The maximum atomic E-state index is 12.7. The summed E-state index contributed by atoms with van der Waals surface area (Å²) in [4.78, 5) is 14.6. The summed E-state index contributed by atoms with van der Waals surface area (Å²) in [6.45, 7) is 0. The topological polar surface area (TPSA) is 39.2 Å². The van der Waals surface area contributed by atoms with Gasteiger partial charge in [0.1, 0.15) is 10.4 Å². The molecule has 0 spiro atoms. The minimum atomic E-state index is -0.470. The van der Waals surface area contributed by atoms with Crippen LogP contribution < -0.4 is 0 Å². The van der Waals surface area contributed by atoms with E-state index in [-0.39, 0.29) is 6.42 Å². The van der Waals surface area contributed by atoms with Crippen molar-refractivity contribution in [3.8, 4) is 0 Å². The Morgan fingerprint density at radius 2 is 2.46 bits per heavy atom. The second-order valence-corrected chi connectivity index (χ2v) is 3.11. The van der Waals surface area contributed by atoms with Crippen molar-refractivity contribution in [1.82, 2.24) is 4.98 Å². The minimum absolute atomic E-state index is 0.0157. The van der Waals surface area contributed by atoms with Gasteiger partial charge in [-0.05, 0) is 27.6 Å². The molecule has 0 saturated carbocycles. The molecule has 5 heteroatoms. The Labute approximate surface area is 83.1 Å². The van der Waals surface area contributed by atoms with E-state index in [0.29, 0.717) is 10.2 Å². The molecule has 0 radical (unpaired) electrons. The Bertz CT molecular complexity index is 330. The van der Waals surface area contributed by atoms with E-state index < -0.39 is 11.8 Å². The Morgan fingerprint density at radius 1 is 1.77 bits per heavy atom. The van der Waals surface area contributed by atoms with Crippen LogP contribution >= 0.6 is 15.9 Å². The van der Waals surface area contributed by atoms with Crippen molar-refractivity contribution in [3.05, 3.63) is 28.2 Å². The number of ether oxygens (including phenoxy) is 1. The monoisotopic (exact) mass is 247 g/mol. The Hall–Kier alpha value is -0.970.